The standard InChI is InChI=1S/C27H37F2N7O/c28-24(29)20-15-22(37)33-25-23(20)27(31-17-30-25)35-11-7-19(8-12-35)26-32-21(18-5-1-2-6-18)16-36(26)14-13-34-9-3-4-10-34/h16-20,24H,1-15H2,(H,30,31,33,37)/t20-/m1/s1. The number of imidazole rings is 1. The molecule has 0 unspecified atom stereocenters. The zero-order chi connectivity index (χ0) is 25.4. The number of hydrogen-bond donors (Lipinski definition) is 1. The molecule has 4 aliphatic rings. The number of nitrogens with zero attached hydrogens (tertiary/aromatic N) is 6. The van der Waals surface area contributed by atoms with Crippen molar-refractivity contribution in [3.05, 3.63) is 29.6 Å². The molecule has 1 N–H and O–H groups in total. The van der Waals surface area contributed by atoms with Gasteiger partial charge in [-0.3, -0.25) is 4.79 Å². The van der Waals surface area contributed by atoms with Gasteiger partial charge < -0.3 is 19.7 Å². The van der Waals surface area contributed by atoms with Crippen LogP contribution in [-0.4, -0.2) is 69.5 Å². The second-order valence-electron chi connectivity index (χ2n) is 11.2. The van der Waals surface area contributed by atoms with E-state index in [0.29, 0.717) is 23.2 Å². The van der Waals surface area contributed by atoms with Gasteiger partial charge in [0.25, 0.3) is 0 Å². The Morgan fingerprint density at radius 1 is 0.946 bits per heavy atom. The number of rotatable bonds is 7. The largest absolute Gasteiger partial charge is 0.356 e. The minimum atomic E-state index is -2.64. The third-order valence-electron chi connectivity index (χ3n) is 8.82. The quantitative estimate of drug-likeness (QED) is 0.587. The number of piperidine rings is 1. The van der Waals surface area contributed by atoms with E-state index in [1.165, 1.54) is 69.5 Å². The van der Waals surface area contributed by atoms with Crippen LogP contribution in [0, 0.1) is 0 Å². The molecule has 2 saturated heterocycles. The second-order valence-corrected chi connectivity index (χ2v) is 11.2. The van der Waals surface area contributed by atoms with Gasteiger partial charge in [0.15, 0.2) is 0 Å². The molecule has 37 heavy (non-hydrogen) atoms. The van der Waals surface area contributed by atoms with Gasteiger partial charge in [0, 0.05) is 56.2 Å². The highest BCUT2D eigenvalue weighted by molar-refractivity contribution is 5.94. The van der Waals surface area contributed by atoms with Crippen LogP contribution in [0.4, 0.5) is 20.4 Å². The van der Waals surface area contributed by atoms with E-state index >= 15 is 0 Å². The monoisotopic (exact) mass is 513 g/mol. The van der Waals surface area contributed by atoms with Crippen molar-refractivity contribution in [2.45, 2.75) is 88.5 Å². The lowest BCUT2D eigenvalue weighted by Gasteiger charge is -2.36. The zero-order valence-corrected chi connectivity index (χ0v) is 21.4. The number of amides is 1. The third kappa shape index (κ3) is 5.09. The first-order chi connectivity index (χ1) is 18.1. The van der Waals surface area contributed by atoms with Gasteiger partial charge in [0.1, 0.15) is 23.8 Å². The number of alkyl halides is 2. The highest BCUT2D eigenvalue weighted by Crippen LogP contribution is 2.42. The third-order valence-corrected chi connectivity index (χ3v) is 8.82. The summed E-state index contributed by atoms with van der Waals surface area (Å²) in [5, 5.41) is 2.67. The van der Waals surface area contributed by atoms with Crippen LogP contribution in [0.2, 0.25) is 0 Å². The van der Waals surface area contributed by atoms with E-state index < -0.39 is 18.3 Å². The normalized spacial score (nSPS) is 23.7. The van der Waals surface area contributed by atoms with Crippen LogP contribution < -0.4 is 10.2 Å². The van der Waals surface area contributed by atoms with E-state index in [2.05, 4.69) is 35.8 Å². The predicted molar refractivity (Wildman–Crippen MR) is 137 cm³/mol. The van der Waals surface area contributed by atoms with Gasteiger partial charge in [0.05, 0.1) is 11.6 Å². The van der Waals surface area contributed by atoms with E-state index in [1.54, 1.807) is 0 Å². The minimum absolute atomic E-state index is 0.229. The van der Waals surface area contributed by atoms with Crippen LogP contribution >= 0.6 is 0 Å². The Kier molecular flexibility index (Phi) is 7.10. The van der Waals surface area contributed by atoms with Crippen LogP contribution in [0.25, 0.3) is 0 Å². The summed E-state index contributed by atoms with van der Waals surface area (Å²) < 4.78 is 30.2. The Balaban J connectivity index is 1.20. The average Bonchev–Trinajstić information content (AvgIpc) is 3.68. The molecule has 2 aromatic rings. The van der Waals surface area contributed by atoms with Gasteiger partial charge in [-0.25, -0.2) is 23.7 Å². The Morgan fingerprint density at radius 3 is 2.43 bits per heavy atom. The molecule has 0 aromatic carbocycles. The number of likely N-dealkylation sites (tertiary alicyclic amines) is 1. The van der Waals surface area contributed by atoms with Gasteiger partial charge in [-0.1, -0.05) is 12.8 Å². The van der Waals surface area contributed by atoms with Crippen LogP contribution in [0.3, 0.4) is 0 Å². The fraction of sp³-hybridized carbons (Fsp3) is 0.704. The van der Waals surface area contributed by atoms with E-state index in [-0.39, 0.29) is 12.2 Å². The molecule has 3 fully saturated rings. The number of nitrogens with one attached hydrogen (secondary N) is 1. The number of fused-ring (bicyclic) bond motifs is 1. The van der Waals surface area contributed by atoms with Crippen molar-refractivity contribution < 1.29 is 13.6 Å². The predicted octanol–water partition coefficient (Wildman–Crippen LogP) is 4.50. The number of anilines is 2. The Hall–Kier alpha value is -2.62. The second kappa shape index (κ2) is 10.6. The van der Waals surface area contributed by atoms with Crippen LogP contribution in [0.5, 0.6) is 0 Å². The number of carbonyl (C=O) groups excluding carboxylic acids is 1. The molecule has 10 heteroatoms. The summed E-state index contributed by atoms with van der Waals surface area (Å²) in [6.45, 7) is 5.87. The summed E-state index contributed by atoms with van der Waals surface area (Å²) in [6, 6.07) is 0. The lowest BCUT2D eigenvalue weighted by Crippen LogP contribution is -2.37. The smallest absolute Gasteiger partial charge is 0.246 e. The molecule has 1 atom stereocenters. The molecule has 3 aliphatic heterocycles. The van der Waals surface area contributed by atoms with Crippen molar-refractivity contribution in [2.24, 2.45) is 0 Å². The number of halogens is 2. The molecule has 1 saturated carbocycles. The molecule has 0 radical (unpaired) electrons. The van der Waals surface area contributed by atoms with Crippen molar-refractivity contribution in [3.8, 4) is 0 Å². The topological polar surface area (TPSA) is 79.2 Å². The Bertz CT molecular complexity index is 1100. The summed E-state index contributed by atoms with van der Waals surface area (Å²) in [6.07, 6.45) is 10.3. The maximum absolute atomic E-state index is 13.9. The average molecular weight is 514 g/mol. The molecule has 1 aliphatic carbocycles. The molecule has 8 nitrogen and oxygen atoms in total. The highest BCUT2D eigenvalue weighted by atomic mass is 19.3. The van der Waals surface area contributed by atoms with Gasteiger partial charge in [-0.15, -0.1) is 0 Å². The van der Waals surface area contributed by atoms with Gasteiger partial charge in [-0.2, -0.15) is 0 Å². The molecule has 2 aromatic heterocycles. The SMILES string of the molecule is O=C1C[C@@H](C(F)F)c2c(ncnc2N2CCC(c3nc(C4CCCC4)cn3CCN3CCCC3)CC2)N1. The first-order valence-electron chi connectivity index (χ1n) is 14.0. The van der Waals surface area contributed by atoms with E-state index in [4.69, 9.17) is 4.98 Å². The van der Waals surface area contributed by atoms with Crippen molar-refractivity contribution >= 4 is 17.5 Å². The molecule has 6 rings (SSSR count). The molecule has 1 amide bonds. The summed E-state index contributed by atoms with van der Waals surface area (Å²) >= 11 is 0. The van der Waals surface area contributed by atoms with Gasteiger partial charge in [-0.05, 0) is 51.6 Å². The Morgan fingerprint density at radius 2 is 1.70 bits per heavy atom. The molecular formula is C27H37F2N7O. The summed E-state index contributed by atoms with van der Waals surface area (Å²) in [7, 11) is 0. The van der Waals surface area contributed by atoms with Crippen molar-refractivity contribution in [1.82, 2.24) is 24.4 Å². The van der Waals surface area contributed by atoms with Crippen LogP contribution in [-0.2, 0) is 11.3 Å². The van der Waals surface area contributed by atoms with Crippen molar-refractivity contribution in [2.75, 3.05) is 42.9 Å². The van der Waals surface area contributed by atoms with E-state index in [9.17, 15) is 13.6 Å². The summed E-state index contributed by atoms with van der Waals surface area (Å²) in [5.41, 5.74) is 1.64. The molecule has 5 heterocycles. The maximum Gasteiger partial charge on any atom is 0.246 e. The molecule has 0 bridgehead atoms. The Labute approximate surface area is 216 Å². The number of hydrogen-bond acceptors (Lipinski definition) is 6. The lowest BCUT2D eigenvalue weighted by molar-refractivity contribution is -0.117. The number of aromatic nitrogens is 4. The summed E-state index contributed by atoms with van der Waals surface area (Å²) in [5.74, 6) is 1.30. The molecule has 0 spiro atoms. The maximum atomic E-state index is 13.9. The fourth-order valence-electron chi connectivity index (χ4n) is 6.76. The fourth-order valence-corrected chi connectivity index (χ4v) is 6.76. The first kappa shape index (κ1) is 24.7. The van der Waals surface area contributed by atoms with E-state index in [0.717, 1.165) is 39.0 Å². The van der Waals surface area contributed by atoms with Gasteiger partial charge in [0.2, 0.25) is 12.3 Å². The summed E-state index contributed by atoms with van der Waals surface area (Å²) in [4.78, 5) is 30.4. The van der Waals surface area contributed by atoms with Crippen molar-refractivity contribution in [1.29, 1.82) is 0 Å². The minimum Gasteiger partial charge on any atom is -0.356 e. The van der Waals surface area contributed by atoms with E-state index in [1.807, 2.05) is 0 Å². The van der Waals surface area contributed by atoms with Crippen LogP contribution in [0.15, 0.2) is 12.5 Å². The van der Waals surface area contributed by atoms with Gasteiger partial charge >= 0.3 is 0 Å². The number of carbonyl (C=O) groups is 1. The first-order valence-corrected chi connectivity index (χ1v) is 14.0. The zero-order valence-electron chi connectivity index (χ0n) is 21.4. The lowest BCUT2D eigenvalue weighted by atomic mass is 9.91. The van der Waals surface area contributed by atoms with Crippen molar-refractivity contribution in [3.63, 3.8) is 0 Å². The molecular weight excluding hydrogens is 476 g/mol. The molecule has 200 valence electrons. The van der Waals surface area contributed by atoms with Crippen LogP contribution in [0.1, 0.15) is 92.6 Å². The highest BCUT2D eigenvalue weighted by Gasteiger charge is 2.38.